The molecule has 2 aromatic heterocycles. The van der Waals surface area contributed by atoms with Gasteiger partial charge in [0, 0.05) is 33.7 Å². The number of nitrogens with zero attached hydrogens (tertiary/aromatic N) is 5. The van der Waals surface area contributed by atoms with E-state index >= 15 is 0 Å². The molecule has 154 valence electrons. The average molecular weight is 395 g/mol. The molecule has 0 bridgehead atoms. The van der Waals surface area contributed by atoms with E-state index in [1.165, 1.54) is 0 Å². The zero-order valence-corrected chi connectivity index (χ0v) is 18.2. The molecule has 1 fully saturated rings. The van der Waals surface area contributed by atoms with Crippen molar-refractivity contribution in [3.8, 4) is 0 Å². The van der Waals surface area contributed by atoms with E-state index < -0.39 is 0 Å². The molecule has 2 aromatic rings. The molecule has 0 atom stereocenters. The summed E-state index contributed by atoms with van der Waals surface area (Å²) in [5, 5.41) is 0. The Kier molecular flexibility index (Phi) is 8.38. The minimum Gasteiger partial charge on any atom is -0.651 e. The van der Waals surface area contributed by atoms with Crippen LogP contribution in [0.5, 0.6) is 0 Å². The Morgan fingerprint density at radius 1 is 1.17 bits per heavy atom. The van der Waals surface area contributed by atoms with Gasteiger partial charge in [0.05, 0.1) is 11.6 Å². The third-order valence-electron chi connectivity index (χ3n) is 5.70. The van der Waals surface area contributed by atoms with E-state index in [-0.39, 0.29) is 30.7 Å². The Morgan fingerprint density at radius 2 is 1.86 bits per heavy atom. The number of imidazole rings is 1. The van der Waals surface area contributed by atoms with Crippen LogP contribution in [-0.4, -0.2) is 65.8 Å². The minimum absolute atomic E-state index is 0. The molecule has 1 aliphatic carbocycles. The van der Waals surface area contributed by atoms with Crippen molar-refractivity contribution in [3.63, 3.8) is 0 Å². The first-order chi connectivity index (χ1) is 13.4. The van der Waals surface area contributed by atoms with Crippen LogP contribution >= 0.6 is 0 Å². The maximum absolute atomic E-state index is 12.8. The largest absolute Gasteiger partial charge is 1.00 e. The summed E-state index contributed by atoms with van der Waals surface area (Å²) in [7, 11) is 7.91. The molecule has 29 heavy (non-hydrogen) atoms. The second kappa shape index (κ2) is 10.3. The van der Waals surface area contributed by atoms with Crippen molar-refractivity contribution < 1.29 is 28.4 Å². The van der Waals surface area contributed by atoms with Crippen LogP contribution in [0.4, 0.5) is 5.82 Å². The smallest absolute Gasteiger partial charge is 0.651 e. The Morgan fingerprint density at radius 3 is 2.48 bits per heavy atom. The number of fused-ring (bicyclic) bond motifs is 1. The van der Waals surface area contributed by atoms with Gasteiger partial charge in [-0.25, -0.2) is 9.78 Å². The van der Waals surface area contributed by atoms with Gasteiger partial charge in [0.1, 0.15) is 5.82 Å². The van der Waals surface area contributed by atoms with Crippen molar-refractivity contribution in [2.24, 2.45) is 13.0 Å². The number of pyridine rings is 1. The maximum Gasteiger partial charge on any atom is 1.00 e. The Bertz CT molecular complexity index is 871. The first kappa shape index (κ1) is 23.5. The molecular weight excluding hydrogens is 365 g/mol. The van der Waals surface area contributed by atoms with Crippen molar-refractivity contribution in [2.75, 3.05) is 39.1 Å². The van der Waals surface area contributed by atoms with E-state index in [2.05, 4.69) is 9.80 Å². The van der Waals surface area contributed by atoms with Crippen LogP contribution < -0.4 is 29.5 Å². The predicted octanol–water partition coefficient (Wildman–Crippen LogP) is -1.62. The van der Waals surface area contributed by atoms with Gasteiger partial charge in [0.25, 0.3) is 0 Å². The molecule has 3 rings (SSSR count). The molecule has 0 aliphatic heterocycles. The Labute approximate surface area is 184 Å². The van der Waals surface area contributed by atoms with Gasteiger partial charge in [-0.2, -0.15) is 0 Å². The molecule has 0 N–H and O–H groups in total. The number of aryl methyl sites for hydroxylation is 1. The fraction of sp³-hybridized carbons (Fsp3) is 0.650. The van der Waals surface area contributed by atoms with Crippen molar-refractivity contribution in [1.82, 2.24) is 19.0 Å². The molecule has 0 amide bonds. The van der Waals surface area contributed by atoms with Crippen molar-refractivity contribution in [2.45, 2.75) is 38.3 Å². The summed E-state index contributed by atoms with van der Waals surface area (Å²) in [6, 6.07) is 3.95. The molecule has 9 heteroatoms. The second-order valence-corrected chi connectivity index (χ2v) is 8.03. The molecule has 1 saturated carbocycles. The zero-order valence-electron chi connectivity index (χ0n) is 18.2. The van der Waals surface area contributed by atoms with Gasteiger partial charge in [-0.15, -0.1) is 0 Å². The average Bonchev–Trinajstić information content (AvgIpc) is 2.92. The fourth-order valence-corrected chi connectivity index (χ4v) is 3.87. The van der Waals surface area contributed by atoms with E-state index in [0.29, 0.717) is 12.5 Å². The molecule has 0 spiro atoms. The molecule has 2 heterocycles. The van der Waals surface area contributed by atoms with E-state index in [1.807, 2.05) is 33.3 Å². The summed E-state index contributed by atoms with van der Waals surface area (Å²) in [5.74, 6) is 1.25. The minimum atomic E-state index is -0.0342. The molecule has 0 aromatic carbocycles. The predicted molar refractivity (Wildman–Crippen MR) is 109 cm³/mol. The number of ether oxygens (including phenoxy) is 1. The summed E-state index contributed by atoms with van der Waals surface area (Å²) >= 11 is 0. The van der Waals surface area contributed by atoms with Crippen molar-refractivity contribution in [3.05, 3.63) is 22.6 Å². The van der Waals surface area contributed by atoms with Crippen LogP contribution in [0.1, 0.15) is 25.7 Å². The van der Waals surface area contributed by atoms with E-state index in [4.69, 9.17) is 9.72 Å². The first-order valence-corrected chi connectivity index (χ1v) is 9.85. The van der Waals surface area contributed by atoms with Gasteiger partial charge >= 0.3 is 24.6 Å². The normalized spacial score (nSPS) is 19.2. The van der Waals surface area contributed by atoms with Crippen LogP contribution in [0.3, 0.4) is 0 Å². The number of rotatable bonds is 8. The Hall–Kier alpha value is -1.75. The van der Waals surface area contributed by atoms with Crippen LogP contribution in [0.2, 0.25) is 0 Å². The number of anilines is 1. The number of hydrogen-bond donors (Lipinski definition) is 0. The molecule has 0 saturated heterocycles. The molecule has 0 radical (unpaired) electrons. The third-order valence-corrected chi connectivity index (χ3v) is 5.70. The van der Waals surface area contributed by atoms with Gasteiger partial charge in [-0.05, 0) is 57.8 Å². The molecule has 8 nitrogen and oxygen atoms in total. The number of likely N-dealkylation sites (N-methyl/N-ethyl adjacent to an activating group) is 2. The first-order valence-electron chi connectivity index (χ1n) is 9.85. The van der Waals surface area contributed by atoms with Crippen LogP contribution in [0.15, 0.2) is 16.9 Å². The maximum atomic E-state index is 12.8. The van der Waals surface area contributed by atoms with Gasteiger partial charge in [0.2, 0.25) is 0 Å². The van der Waals surface area contributed by atoms with Crippen LogP contribution in [0.25, 0.3) is 11.2 Å². The molecule has 0 unspecified atom stereocenters. The van der Waals surface area contributed by atoms with E-state index in [1.54, 1.807) is 22.7 Å². The monoisotopic (exact) mass is 395 g/mol. The summed E-state index contributed by atoms with van der Waals surface area (Å²) in [5.41, 5.74) is 1.55. The standard InChI is InChI=1S/C20H30N5O3.Li/c1-22(2)11-12-23(3)18-10-9-17-19(21-18)25(20(27)24(17)4)13-15-5-7-16(8-6-15)28-14-26;/h9-10,15-16H,5-8,11-13H2,1-4H3;/q-1;+1. The van der Waals surface area contributed by atoms with Gasteiger partial charge in [0.15, 0.2) is 5.65 Å². The van der Waals surface area contributed by atoms with Crippen LogP contribution in [-0.2, 0) is 23.1 Å². The van der Waals surface area contributed by atoms with Crippen molar-refractivity contribution >= 4 is 23.5 Å². The second-order valence-electron chi connectivity index (χ2n) is 8.03. The summed E-state index contributed by atoms with van der Waals surface area (Å²) in [6.45, 7) is 3.98. The SMILES string of the molecule is CN(C)CCN(C)c1ccc2c(n1)n(CC1CCC(O[C-]=O)CC1)c(=O)n2C.[Li+]. The number of aromatic nitrogens is 3. The Balaban J connectivity index is 0.00000300. The summed E-state index contributed by atoms with van der Waals surface area (Å²) in [4.78, 5) is 32.3. The third kappa shape index (κ3) is 5.44. The van der Waals surface area contributed by atoms with E-state index in [9.17, 15) is 9.59 Å². The fourth-order valence-electron chi connectivity index (χ4n) is 3.87. The summed E-state index contributed by atoms with van der Waals surface area (Å²) < 4.78 is 8.43. The van der Waals surface area contributed by atoms with Gasteiger partial charge < -0.3 is 19.3 Å². The van der Waals surface area contributed by atoms with Crippen molar-refractivity contribution in [1.29, 1.82) is 0 Å². The van der Waals surface area contributed by atoms with E-state index in [0.717, 1.165) is 55.8 Å². The van der Waals surface area contributed by atoms with Gasteiger partial charge in [-0.3, -0.25) is 9.13 Å². The number of hydrogen-bond acceptors (Lipinski definition) is 6. The molecular formula is C20H30LiN5O3. The van der Waals surface area contributed by atoms with Gasteiger partial charge in [-0.1, -0.05) is 6.47 Å². The topological polar surface area (TPSA) is 72.6 Å². The molecule has 1 aliphatic rings. The quantitative estimate of drug-likeness (QED) is 0.395. The van der Waals surface area contributed by atoms with Crippen LogP contribution in [0, 0.1) is 5.92 Å². The number of carbonyl (C=O) groups excluding carboxylic acids is 1. The zero-order chi connectivity index (χ0) is 20.3. The summed E-state index contributed by atoms with van der Waals surface area (Å²) in [6.07, 6.45) is 3.47.